The van der Waals surface area contributed by atoms with E-state index in [-0.39, 0.29) is 19.1 Å². The number of thiophene rings is 1. The van der Waals surface area contributed by atoms with Crippen LogP contribution in [0.4, 0.5) is 5.00 Å². The third kappa shape index (κ3) is 5.43. The molecule has 0 fully saturated rings. The summed E-state index contributed by atoms with van der Waals surface area (Å²) < 4.78 is 11.7. The van der Waals surface area contributed by atoms with Crippen molar-refractivity contribution in [3.63, 3.8) is 0 Å². The van der Waals surface area contributed by atoms with Gasteiger partial charge in [0.25, 0.3) is 0 Å². The number of aliphatic hydroxyl groups excluding tert-OH is 1. The third-order valence-electron chi connectivity index (χ3n) is 4.24. The van der Waals surface area contributed by atoms with Crippen molar-refractivity contribution in [2.45, 2.75) is 33.8 Å². The highest BCUT2D eigenvalue weighted by molar-refractivity contribution is 7.23. The Balaban J connectivity index is 2.30. The second kappa shape index (κ2) is 10.4. The van der Waals surface area contributed by atoms with E-state index in [2.05, 4.69) is 10.2 Å². The van der Waals surface area contributed by atoms with Crippen LogP contribution in [-0.2, 0) is 9.53 Å². The SMILES string of the molecule is CCOC(=O)c1c(NC(C)=O)sc2c(OCC(O)CN(CC)CC)cccc12. The Morgan fingerprint density at radius 2 is 1.96 bits per heavy atom. The van der Waals surface area contributed by atoms with Crippen molar-refractivity contribution in [2.75, 3.05) is 38.2 Å². The van der Waals surface area contributed by atoms with Crippen LogP contribution in [0.2, 0.25) is 0 Å². The first kappa shape index (κ1) is 22.1. The van der Waals surface area contributed by atoms with Gasteiger partial charge >= 0.3 is 5.97 Å². The molecule has 28 heavy (non-hydrogen) atoms. The number of aliphatic hydroxyl groups is 1. The van der Waals surface area contributed by atoms with Crippen LogP contribution in [0.25, 0.3) is 10.1 Å². The second-order valence-electron chi connectivity index (χ2n) is 6.29. The molecule has 7 nitrogen and oxygen atoms in total. The number of benzene rings is 1. The second-order valence-corrected chi connectivity index (χ2v) is 7.31. The molecule has 0 aliphatic carbocycles. The highest BCUT2D eigenvalue weighted by Gasteiger charge is 2.23. The minimum atomic E-state index is -0.630. The number of esters is 1. The van der Waals surface area contributed by atoms with E-state index >= 15 is 0 Å². The maximum Gasteiger partial charge on any atom is 0.341 e. The van der Waals surface area contributed by atoms with Gasteiger partial charge in [0.2, 0.25) is 5.91 Å². The van der Waals surface area contributed by atoms with E-state index in [0.29, 0.717) is 28.2 Å². The Labute approximate surface area is 169 Å². The smallest absolute Gasteiger partial charge is 0.341 e. The molecule has 0 radical (unpaired) electrons. The minimum Gasteiger partial charge on any atom is -0.489 e. The van der Waals surface area contributed by atoms with Gasteiger partial charge in [-0.1, -0.05) is 26.0 Å². The number of likely N-dealkylation sites (N-methyl/N-ethyl adjacent to an activating group) is 1. The molecule has 154 valence electrons. The topological polar surface area (TPSA) is 88.1 Å². The number of nitrogens with zero attached hydrogens (tertiary/aromatic N) is 1. The lowest BCUT2D eigenvalue weighted by Crippen LogP contribution is -2.35. The quantitative estimate of drug-likeness (QED) is 0.587. The zero-order valence-corrected chi connectivity index (χ0v) is 17.6. The van der Waals surface area contributed by atoms with Crippen LogP contribution in [0, 0.1) is 0 Å². The summed E-state index contributed by atoms with van der Waals surface area (Å²) in [6.45, 7) is 9.83. The van der Waals surface area contributed by atoms with Crippen molar-refractivity contribution in [3.8, 4) is 5.75 Å². The molecule has 1 aromatic carbocycles. The number of rotatable bonds is 10. The third-order valence-corrected chi connectivity index (χ3v) is 5.38. The van der Waals surface area contributed by atoms with Crippen LogP contribution in [0.5, 0.6) is 5.75 Å². The van der Waals surface area contributed by atoms with Gasteiger partial charge in [0, 0.05) is 18.9 Å². The van der Waals surface area contributed by atoms with Crippen LogP contribution in [0.3, 0.4) is 0 Å². The molecule has 2 rings (SSSR count). The van der Waals surface area contributed by atoms with E-state index in [9.17, 15) is 14.7 Å². The number of hydrogen-bond donors (Lipinski definition) is 2. The average molecular weight is 409 g/mol. The maximum atomic E-state index is 12.4. The van der Waals surface area contributed by atoms with Crippen molar-refractivity contribution in [1.29, 1.82) is 0 Å². The minimum absolute atomic E-state index is 0.137. The van der Waals surface area contributed by atoms with Gasteiger partial charge in [-0.05, 0) is 26.1 Å². The zero-order chi connectivity index (χ0) is 20.7. The molecule has 0 bridgehead atoms. The highest BCUT2D eigenvalue weighted by Crippen LogP contribution is 2.41. The Morgan fingerprint density at radius 3 is 2.57 bits per heavy atom. The molecule has 0 saturated carbocycles. The Morgan fingerprint density at radius 1 is 1.25 bits per heavy atom. The Bertz CT molecular complexity index is 816. The molecule has 0 saturated heterocycles. The monoisotopic (exact) mass is 408 g/mol. The molecule has 2 N–H and O–H groups in total. The summed E-state index contributed by atoms with van der Waals surface area (Å²) in [6.07, 6.45) is -0.630. The first-order chi connectivity index (χ1) is 13.4. The molecule has 8 heteroatoms. The molecule has 1 aromatic heterocycles. The van der Waals surface area contributed by atoms with Crippen molar-refractivity contribution >= 4 is 38.3 Å². The Kier molecular flexibility index (Phi) is 8.22. The number of carbonyl (C=O) groups is 2. The average Bonchev–Trinajstić information content (AvgIpc) is 3.02. The van der Waals surface area contributed by atoms with Crippen LogP contribution in [0.15, 0.2) is 18.2 Å². The van der Waals surface area contributed by atoms with Gasteiger partial charge in [-0.25, -0.2) is 4.79 Å². The van der Waals surface area contributed by atoms with Gasteiger partial charge in [0.05, 0.1) is 11.3 Å². The van der Waals surface area contributed by atoms with Crippen LogP contribution in [-0.4, -0.2) is 60.8 Å². The van der Waals surface area contributed by atoms with Crippen molar-refractivity contribution in [1.82, 2.24) is 4.90 Å². The fraction of sp³-hybridized carbons (Fsp3) is 0.500. The summed E-state index contributed by atoms with van der Waals surface area (Å²) in [5.41, 5.74) is 0.325. The van der Waals surface area contributed by atoms with Gasteiger partial charge in [-0.15, -0.1) is 11.3 Å². The summed E-state index contributed by atoms with van der Waals surface area (Å²) in [6, 6.07) is 5.36. The number of ether oxygens (including phenoxy) is 2. The number of hydrogen-bond acceptors (Lipinski definition) is 7. The molecule has 0 spiro atoms. The van der Waals surface area contributed by atoms with Crippen molar-refractivity contribution < 1.29 is 24.2 Å². The van der Waals surface area contributed by atoms with Gasteiger partial charge < -0.3 is 24.8 Å². The summed E-state index contributed by atoms with van der Waals surface area (Å²) >= 11 is 1.26. The molecule has 0 aliphatic rings. The summed E-state index contributed by atoms with van der Waals surface area (Å²) in [5.74, 6) is -0.200. The summed E-state index contributed by atoms with van der Waals surface area (Å²) in [7, 11) is 0. The predicted molar refractivity (Wildman–Crippen MR) is 111 cm³/mol. The predicted octanol–water partition coefficient (Wildman–Crippen LogP) is 3.12. The normalized spacial score (nSPS) is 12.2. The number of anilines is 1. The highest BCUT2D eigenvalue weighted by atomic mass is 32.1. The number of carbonyl (C=O) groups excluding carboxylic acids is 2. The zero-order valence-electron chi connectivity index (χ0n) is 16.8. The molecular weight excluding hydrogens is 380 g/mol. The largest absolute Gasteiger partial charge is 0.489 e. The van der Waals surface area contributed by atoms with E-state index < -0.39 is 12.1 Å². The molecule has 1 heterocycles. The maximum absolute atomic E-state index is 12.4. The lowest BCUT2D eigenvalue weighted by atomic mass is 10.1. The van der Waals surface area contributed by atoms with E-state index in [1.807, 2.05) is 13.8 Å². The number of amides is 1. The van der Waals surface area contributed by atoms with Crippen LogP contribution in [0.1, 0.15) is 38.1 Å². The summed E-state index contributed by atoms with van der Waals surface area (Å²) in [5, 5.41) is 14.0. The lowest BCUT2D eigenvalue weighted by Gasteiger charge is -2.22. The first-order valence-electron chi connectivity index (χ1n) is 9.44. The molecule has 2 aromatic rings. The standard InChI is InChI=1S/C20H28N2O5S/c1-5-22(6-2)11-14(24)12-27-16-10-8-9-15-17(20(25)26-7-3)19(21-13(4)23)28-18(15)16/h8-10,14,24H,5-7,11-12H2,1-4H3,(H,21,23). The molecule has 1 amide bonds. The molecular formula is C20H28N2O5S. The fourth-order valence-electron chi connectivity index (χ4n) is 2.88. The van der Waals surface area contributed by atoms with E-state index in [4.69, 9.17) is 9.47 Å². The first-order valence-corrected chi connectivity index (χ1v) is 10.3. The fourth-order valence-corrected chi connectivity index (χ4v) is 4.08. The summed E-state index contributed by atoms with van der Waals surface area (Å²) in [4.78, 5) is 26.1. The molecule has 0 aliphatic heterocycles. The molecule has 1 atom stereocenters. The van der Waals surface area contributed by atoms with E-state index in [0.717, 1.165) is 17.8 Å². The van der Waals surface area contributed by atoms with Crippen molar-refractivity contribution in [3.05, 3.63) is 23.8 Å². The van der Waals surface area contributed by atoms with Crippen LogP contribution >= 0.6 is 11.3 Å². The van der Waals surface area contributed by atoms with Gasteiger partial charge in [-0.2, -0.15) is 0 Å². The van der Waals surface area contributed by atoms with Gasteiger partial charge in [0.1, 0.15) is 29.0 Å². The Hall–Kier alpha value is -2.16. The molecule has 1 unspecified atom stereocenters. The van der Waals surface area contributed by atoms with E-state index in [1.165, 1.54) is 18.3 Å². The van der Waals surface area contributed by atoms with Gasteiger partial charge in [0.15, 0.2) is 0 Å². The lowest BCUT2D eigenvalue weighted by molar-refractivity contribution is -0.114. The van der Waals surface area contributed by atoms with Gasteiger partial charge in [-0.3, -0.25) is 4.79 Å². The van der Waals surface area contributed by atoms with Crippen molar-refractivity contribution in [2.24, 2.45) is 0 Å². The van der Waals surface area contributed by atoms with Crippen LogP contribution < -0.4 is 10.1 Å². The number of nitrogens with one attached hydrogen (secondary N) is 1. The van der Waals surface area contributed by atoms with E-state index in [1.54, 1.807) is 25.1 Å². The number of fused-ring (bicyclic) bond motifs is 1.